The number of anilines is 1. The van der Waals surface area contributed by atoms with Crippen LogP contribution in [-0.2, 0) is 6.18 Å². The van der Waals surface area contributed by atoms with E-state index in [1.54, 1.807) is 11.3 Å². The fraction of sp³-hybridized carbons (Fsp3) is 0.312. The number of aromatic nitrogens is 3. The van der Waals surface area contributed by atoms with Gasteiger partial charge in [0, 0.05) is 17.3 Å². The highest BCUT2D eigenvalue weighted by molar-refractivity contribution is 7.19. The van der Waals surface area contributed by atoms with Crippen molar-refractivity contribution in [3.63, 3.8) is 0 Å². The van der Waals surface area contributed by atoms with Crippen LogP contribution in [0.1, 0.15) is 46.5 Å². The number of alkyl halides is 3. The number of hydrogen-bond acceptors (Lipinski definition) is 4. The third kappa shape index (κ3) is 3.23. The van der Waals surface area contributed by atoms with Gasteiger partial charge in [-0.3, -0.25) is 9.20 Å². The first-order valence-electron chi connectivity index (χ1n) is 7.51. The van der Waals surface area contributed by atoms with E-state index in [4.69, 9.17) is 0 Å². The summed E-state index contributed by atoms with van der Waals surface area (Å²) in [6.07, 6.45) is -4.46. The number of thiazole rings is 1. The van der Waals surface area contributed by atoms with Crippen LogP contribution < -0.4 is 5.32 Å². The number of nitrogens with one attached hydrogen (secondary N) is 1. The van der Waals surface area contributed by atoms with Crippen molar-refractivity contribution in [2.45, 2.75) is 32.9 Å². The summed E-state index contributed by atoms with van der Waals surface area (Å²) in [5.74, 6) is 0.395. The number of aryl methyl sites for hydroxylation is 1. The number of rotatable bonds is 3. The summed E-state index contributed by atoms with van der Waals surface area (Å²) in [4.78, 5) is 13.5. The van der Waals surface area contributed by atoms with Gasteiger partial charge in [0.15, 0.2) is 0 Å². The van der Waals surface area contributed by atoms with Crippen molar-refractivity contribution >= 4 is 27.9 Å². The monoisotopic (exact) mass is 368 g/mol. The number of fused-ring (bicyclic) bond motifs is 1. The maximum Gasteiger partial charge on any atom is 0.416 e. The molecule has 1 amide bonds. The molecule has 25 heavy (non-hydrogen) atoms. The van der Waals surface area contributed by atoms with E-state index in [0.717, 1.165) is 29.3 Å². The van der Waals surface area contributed by atoms with E-state index in [2.05, 4.69) is 15.5 Å². The standard InChI is InChI=1S/C16H15F3N4OS/c1-8(2)13-21-22-15-23(13)9(3)12(25-15)14(24)20-11-6-4-5-10(7-11)16(17,18)19/h4-8H,1-3H3,(H,20,24). The summed E-state index contributed by atoms with van der Waals surface area (Å²) in [6, 6.07) is 4.54. The molecule has 2 aromatic heterocycles. The van der Waals surface area contributed by atoms with E-state index in [-0.39, 0.29) is 11.6 Å². The molecule has 0 bridgehead atoms. The molecule has 0 unspecified atom stereocenters. The number of benzene rings is 1. The van der Waals surface area contributed by atoms with Crippen LogP contribution in [0.25, 0.3) is 4.96 Å². The van der Waals surface area contributed by atoms with Gasteiger partial charge in [0.25, 0.3) is 5.91 Å². The Morgan fingerprint density at radius 3 is 2.64 bits per heavy atom. The van der Waals surface area contributed by atoms with Crippen molar-refractivity contribution in [1.82, 2.24) is 14.6 Å². The largest absolute Gasteiger partial charge is 0.416 e. The average Bonchev–Trinajstić information content (AvgIpc) is 3.07. The zero-order valence-corrected chi connectivity index (χ0v) is 14.5. The van der Waals surface area contributed by atoms with Crippen molar-refractivity contribution in [3.8, 4) is 0 Å². The molecule has 3 rings (SSSR count). The quantitative estimate of drug-likeness (QED) is 0.741. The smallest absolute Gasteiger partial charge is 0.321 e. The van der Waals surface area contributed by atoms with Crippen LogP contribution in [0.3, 0.4) is 0 Å². The predicted octanol–water partition coefficient (Wildman–Crippen LogP) is 4.49. The summed E-state index contributed by atoms with van der Waals surface area (Å²) < 4.78 is 40.1. The molecule has 1 aromatic carbocycles. The number of carbonyl (C=O) groups is 1. The minimum absolute atomic E-state index is 0.0903. The maximum atomic E-state index is 12.8. The molecule has 0 saturated heterocycles. The van der Waals surface area contributed by atoms with Gasteiger partial charge in [-0.1, -0.05) is 31.3 Å². The van der Waals surface area contributed by atoms with Crippen molar-refractivity contribution < 1.29 is 18.0 Å². The molecule has 0 fully saturated rings. The lowest BCUT2D eigenvalue weighted by Crippen LogP contribution is -2.13. The molecule has 0 atom stereocenters. The van der Waals surface area contributed by atoms with Crippen LogP contribution in [0.5, 0.6) is 0 Å². The fourth-order valence-electron chi connectivity index (χ4n) is 2.47. The summed E-state index contributed by atoms with van der Waals surface area (Å²) in [6.45, 7) is 5.70. The van der Waals surface area contributed by atoms with Gasteiger partial charge in [-0.25, -0.2) is 0 Å². The lowest BCUT2D eigenvalue weighted by molar-refractivity contribution is -0.137. The molecule has 0 saturated carbocycles. The third-order valence-corrected chi connectivity index (χ3v) is 4.82. The summed E-state index contributed by atoms with van der Waals surface area (Å²) >= 11 is 1.15. The van der Waals surface area contributed by atoms with Crippen LogP contribution in [0.4, 0.5) is 18.9 Å². The second-order valence-electron chi connectivity index (χ2n) is 5.88. The molecule has 132 valence electrons. The van der Waals surface area contributed by atoms with Crippen molar-refractivity contribution in [2.75, 3.05) is 5.32 Å². The number of carbonyl (C=O) groups excluding carboxylic acids is 1. The lowest BCUT2D eigenvalue weighted by atomic mass is 10.2. The van der Waals surface area contributed by atoms with E-state index in [9.17, 15) is 18.0 Å². The zero-order chi connectivity index (χ0) is 18.4. The zero-order valence-electron chi connectivity index (χ0n) is 13.7. The molecule has 0 radical (unpaired) electrons. The van der Waals surface area contributed by atoms with Gasteiger partial charge in [-0.15, -0.1) is 10.2 Å². The molecule has 1 N–H and O–H groups in total. The summed E-state index contributed by atoms with van der Waals surface area (Å²) in [5, 5.41) is 10.7. The van der Waals surface area contributed by atoms with Gasteiger partial charge in [-0.2, -0.15) is 13.2 Å². The van der Waals surface area contributed by atoms with Crippen LogP contribution in [0.2, 0.25) is 0 Å². The van der Waals surface area contributed by atoms with Crippen LogP contribution >= 0.6 is 11.3 Å². The number of halogens is 3. The van der Waals surface area contributed by atoms with E-state index in [1.165, 1.54) is 12.1 Å². The highest BCUT2D eigenvalue weighted by Gasteiger charge is 2.30. The van der Waals surface area contributed by atoms with Gasteiger partial charge >= 0.3 is 6.18 Å². The van der Waals surface area contributed by atoms with Gasteiger partial charge < -0.3 is 5.32 Å². The molecule has 9 heteroatoms. The first-order valence-corrected chi connectivity index (χ1v) is 8.33. The van der Waals surface area contributed by atoms with E-state index >= 15 is 0 Å². The first-order chi connectivity index (χ1) is 11.7. The minimum Gasteiger partial charge on any atom is -0.321 e. The molecular weight excluding hydrogens is 353 g/mol. The fourth-order valence-corrected chi connectivity index (χ4v) is 3.44. The first kappa shape index (κ1) is 17.4. The normalized spacial score (nSPS) is 12.1. The average molecular weight is 368 g/mol. The van der Waals surface area contributed by atoms with Gasteiger partial charge in [-0.05, 0) is 25.1 Å². The van der Waals surface area contributed by atoms with Gasteiger partial charge in [0.05, 0.1) is 5.56 Å². The molecule has 2 heterocycles. The second kappa shape index (κ2) is 6.14. The molecule has 3 aromatic rings. The van der Waals surface area contributed by atoms with Crippen LogP contribution in [-0.4, -0.2) is 20.5 Å². The van der Waals surface area contributed by atoms with Gasteiger partial charge in [0.2, 0.25) is 4.96 Å². The SMILES string of the molecule is Cc1c(C(=O)Nc2cccc(C(F)(F)F)c2)sc2nnc(C(C)C)n12. The molecule has 0 spiro atoms. The Hall–Kier alpha value is -2.42. The molecule has 0 aliphatic heterocycles. The maximum absolute atomic E-state index is 12.8. The van der Waals surface area contributed by atoms with Crippen molar-refractivity contribution in [1.29, 1.82) is 0 Å². The molecule has 0 aliphatic carbocycles. The van der Waals surface area contributed by atoms with E-state index < -0.39 is 17.6 Å². The summed E-state index contributed by atoms with van der Waals surface area (Å²) in [7, 11) is 0. The Morgan fingerprint density at radius 1 is 1.28 bits per heavy atom. The van der Waals surface area contributed by atoms with E-state index in [0.29, 0.717) is 15.5 Å². The lowest BCUT2D eigenvalue weighted by Gasteiger charge is -2.09. The number of amides is 1. The number of hydrogen-bond donors (Lipinski definition) is 1. The Bertz CT molecular complexity index is 943. The predicted molar refractivity (Wildman–Crippen MR) is 89.1 cm³/mol. The van der Waals surface area contributed by atoms with Crippen LogP contribution in [0.15, 0.2) is 24.3 Å². The van der Waals surface area contributed by atoms with Crippen molar-refractivity contribution in [2.24, 2.45) is 0 Å². The van der Waals surface area contributed by atoms with Crippen molar-refractivity contribution in [3.05, 3.63) is 46.2 Å². The number of nitrogens with zero attached hydrogens (tertiary/aromatic N) is 3. The Kier molecular flexibility index (Phi) is 4.28. The summed E-state index contributed by atoms with van der Waals surface area (Å²) in [5.41, 5.74) is -0.0556. The van der Waals surface area contributed by atoms with Crippen LogP contribution in [0, 0.1) is 6.92 Å². The highest BCUT2D eigenvalue weighted by atomic mass is 32.1. The Balaban J connectivity index is 1.92. The van der Waals surface area contributed by atoms with E-state index in [1.807, 2.05) is 13.8 Å². The Labute approximate surface area is 145 Å². The molecule has 5 nitrogen and oxygen atoms in total. The topological polar surface area (TPSA) is 59.3 Å². The second-order valence-corrected chi connectivity index (χ2v) is 6.86. The molecular formula is C16H15F3N4OS. The molecule has 0 aliphatic rings. The third-order valence-electron chi connectivity index (χ3n) is 3.69. The van der Waals surface area contributed by atoms with Gasteiger partial charge in [0.1, 0.15) is 10.7 Å². The Morgan fingerprint density at radius 2 is 2.00 bits per heavy atom. The minimum atomic E-state index is -4.46. The highest BCUT2D eigenvalue weighted by Crippen LogP contribution is 2.31.